The summed E-state index contributed by atoms with van der Waals surface area (Å²) in [4.78, 5) is 40.3. The Morgan fingerprint density at radius 3 is 2.32 bits per heavy atom. The molecule has 2 N–H and O–H groups in total. The first-order chi connectivity index (χ1) is 15.9. The third-order valence-corrected chi connectivity index (χ3v) is 5.11. The number of carbonyl (C=O) groups is 3. The standard InChI is InChI=1S/C27H35N3O4/c1-8-15-30(23(31)17-28-26(33)34-27(5,6)7)24(21-14-13-18(2)16-20(21)4)25(32)29-22-12-10-9-11-19(22)3/h8-14,16,24H,1,15,17H2,2-7H3,(H,28,33)(H,29,32). The van der Waals surface area contributed by atoms with E-state index in [1.165, 1.54) is 4.90 Å². The Morgan fingerprint density at radius 2 is 1.74 bits per heavy atom. The molecule has 0 spiro atoms. The Labute approximate surface area is 202 Å². The summed E-state index contributed by atoms with van der Waals surface area (Å²) in [5, 5.41) is 5.45. The predicted octanol–water partition coefficient (Wildman–Crippen LogP) is 4.83. The highest BCUT2D eigenvalue weighted by Crippen LogP contribution is 2.27. The van der Waals surface area contributed by atoms with Crippen LogP contribution in [0.2, 0.25) is 0 Å². The van der Waals surface area contributed by atoms with Crippen LogP contribution in [0.4, 0.5) is 10.5 Å². The molecule has 2 aromatic carbocycles. The van der Waals surface area contributed by atoms with Crippen molar-refractivity contribution in [1.29, 1.82) is 0 Å². The highest BCUT2D eigenvalue weighted by Gasteiger charge is 2.32. The summed E-state index contributed by atoms with van der Waals surface area (Å²) in [6.07, 6.45) is 0.856. The van der Waals surface area contributed by atoms with Crippen LogP contribution in [-0.2, 0) is 14.3 Å². The number of carbonyl (C=O) groups excluding carboxylic acids is 3. The summed E-state index contributed by atoms with van der Waals surface area (Å²) in [6.45, 7) is 14.6. The molecule has 0 aromatic heterocycles. The van der Waals surface area contributed by atoms with Crippen LogP contribution in [0.15, 0.2) is 55.1 Å². The van der Waals surface area contributed by atoms with Gasteiger partial charge in [-0.15, -0.1) is 6.58 Å². The molecule has 0 aliphatic rings. The molecular formula is C27H35N3O4. The van der Waals surface area contributed by atoms with Crippen LogP contribution in [0.3, 0.4) is 0 Å². The molecule has 0 saturated heterocycles. The average Bonchev–Trinajstić information content (AvgIpc) is 2.73. The Balaban J connectivity index is 2.39. The molecule has 2 aromatic rings. The molecule has 7 nitrogen and oxygen atoms in total. The maximum Gasteiger partial charge on any atom is 0.408 e. The van der Waals surface area contributed by atoms with Gasteiger partial charge in [0.1, 0.15) is 18.2 Å². The second-order valence-corrected chi connectivity index (χ2v) is 9.26. The lowest BCUT2D eigenvalue weighted by molar-refractivity contribution is -0.137. The third-order valence-electron chi connectivity index (χ3n) is 5.11. The minimum Gasteiger partial charge on any atom is -0.444 e. The van der Waals surface area contributed by atoms with Gasteiger partial charge in [0.05, 0.1) is 0 Å². The number of anilines is 1. The van der Waals surface area contributed by atoms with E-state index in [-0.39, 0.29) is 19.0 Å². The van der Waals surface area contributed by atoms with E-state index in [0.29, 0.717) is 11.3 Å². The maximum absolute atomic E-state index is 13.6. The monoisotopic (exact) mass is 465 g/mol. The molecule has 0 radical (unpaired) electrons. The maximum atomic E-state index is 13.6. The molecule has 0 saturated carbocycles. The zero-order valence-corrected chi connectivity index (χ0v) is 20.9. The van der Waals surface area contributed by atoms with Gasteiger partial charge in [0.25, 0.3) is 5.91 Å². The van der Waals surface area contributed by atoms with E-state index in [4.69, 9.17) is 4.74 Å². The van der Waals surface area contributed by atoms with Gasteiger partial charge >= 0.3 is 6.09 Å². The molecule has 34 heavy (non-hydrogen) atoms. The molecule has 0 aliphatic heterocycles. The fourth-order valence-electron chi connectivity index (χ4n) is 3.55. The lowest BCUT2D eigenvalue weighted by Crippen LogP contribution is -2.46. The van der Waals surface area contributed by atoms with Crippen molar-refractivity contribution in [2.75, 3.05) is 18.4 Å². The second kappa shape index (κ2) is 11.5. The highest BCUT2D eigenvalue weighted by atomic mass is 16.6. The number of benzene rings is 2. The smallest absolute Gasteiger partial charge is 0.408 e. The molecule has 0 heterocycles. The summed E-state index contributed by atoms with van der Waals surface area (Å²) < 4.78 is 5.22. The molecule has 0 aliphatic carbocycles. The number of alkyl carbamates (subject to hydrolysis) is 1. The van der Waals surface area contributed by atoms with Gasteiger partial charge in [0.2, 0.25) is 5.91 Å². The summed E-state index contributed by atoms with van der Waals surface area (Å²) in [5.41, 5.74) is 3.51. The van der Waals surface area contributed by atoms with Crippen LogP contribution >= 0.6 is 0 Å². The van der Waals surface area contributed by atoms with Crippen molar-refractivity contribution in [3.63, 3.8) is 0 Å². The number of hydrogen-bond donors (Lipinski definition) is 2. The van der Waals surface area contributed by atoms with Crippen LogP contribution in [0.5, 0.6) is 0 Å². The normalized spacial score (nSPS) is 11.8. The van der Waals surface area contributed by atoms with Crippen LogP contribution in [-0.4, -0.2) is 41.5 Å². The third kappa shape index (κ3) is 7.47. The Morgan fingerprint density at radius 1 is 1.06 bits per heavy atom. The fraction of sp³-hybridized carbons (Fsp3) is 0.370. The molecule has 1 atom stereocenters. The van der Waals surface area contributed by atoms with Gasteiger partial charge < -0.3 is 20.3 Å². The number of para-hydroxylation sites is 1. The number of aryl methyl sites for hydroxylation is 3. The van der Waals surface area contributed by atoms with Crippen LogP contribution in [0.1, 0.15) is 49.1 Å². The number of hydrogen-bond acceptors (Lipinski definition) is 4. The summed E-state index contributed by atoms with van der Waals surface area (Å²) >= 11 is 0. The van der Waals surface area contributed by atoms with E-state index in [1.54, 1.807) is 26.8 Å². The number of nitrogens with one attached hydrogen (secondary N) is 2. The fourth-order valence-corrected chi connectivity index (χ4v) is 3.55. The highest BCUT2D eigenvalue weighted by molar-refractivity contribution is 5.99. The molecule has 0 fully saturated rings. The topological polar surface area (TPSA) is 87.7 Å². The van der Waals surface area contributed by atoms with Crippen molar-refractivity contribution in [3.05, 3.63) is 77.4 Å². The number of rotatable bonds is 8. The molecule has 3 amide bonds. The molecule has 2 rings (SSSR count). The van der Waals surface area contributed by atoms with E-state index in [9.17, 15) is 14.4 Å². The molecule has 1 unspecified atom stereocenters. The van der Waals surface area contributed by atoms with Gasteiger partial charge in [-0.2, -0.15) is 0 Å². The van der Waals surface area contributed by atoms with Gasteiger partial charge in [0, 0.05) is 12.2 Å². The zero-order valence-electron chi connectivity index (χ0n) is 20.9. The van der Waals surface area contributed by atoms with Gasteiger partial charge in [0.15, 0.2) is 0 Å². The lowest BCUT2D eigenvalue weighted by Gasteiger charge is -2.32. The van der Waals surface area contributed by atoms with E-state index in [0.717, 1.165) is 16.7 Å². The van der Waals surface area contributed by atoms with E-state index >= 15 is 0 Å². The van der Waals surface area contributed by atoms with Crippen molar-refractivity contribution < 1.29 is 19.1 Å². The predicted molar refractivity (Wildman–Crippen MR) is 135 cm³/mol. The number of amides is 3. The lowest BCUT2D eigenvalue weighted by atomic mass is 9.96. The Bertz CT molecular complexity index is 1060. The quantitative estimate of drug-likeness (QED) is 0.547. The van der Waals surface area contributed by atoms with Gasteiger partial charge in [-0.05, 0) is 64.3 Å². The Hall–Kier alpha value is -3.61. The summed E-state index contributed by atoms with van der Waals surface area (Å²) in [6, 6.07) is 12.3. The van der Waals surface area contributed by atoms with Crippen molar-refractivity contribution >= 4 is 23.6 Å². The first-order valence-corrected chi connectivity index (χ1v) is 11.2. The van der Waals surface area contributed by atoms with Crippen molar-refractivity contribution in [1.82, 2.24) is 10.2 Å². The largest absolute Gasteiger partial charge is 0.444 e. The van der Waals surface area contributed by atoms with E-state index < -0.39 is 23.6 Å². The second-order valence-electron chi connectivity index (χ2n) is 9.26. The van der Waals surface area contributed by atoms with Crippen LogP contribution in [0.25, 0.3) is 0 Å². The molecule has 7 heteroatoms. The molecular weight excluding hydrogens is 430 g/mol. The van der Waals surface area contributed by atoms with Crippen LogP contribution in [0, 0.1) is 20.8 Å². The van der Waals surface area contributed by atoms with Crippen molar-refractivity contribution in [2.24, 2.45) is 0 Å². The van der Waals surface area contributed by atoms with Crippen LogP contribution < -0.4 is 10.6 Å². The van der Waals surface area contributed by atoms with E-state index in [1.807, 2.05) is 63.2 Å². The average molecular weight is 466 g/mol. The summed E-state index contributed by atoms with van der Waals surface area (Å²) in [5.74, 6) is -0.788. The first-order valence-electron chi connectivity index (χ1n) is 11.2. The number of ether oxygens (including phenoxy) is 1. The SMILES string of the molecule is C=CCN(C(=O)CNC(=O)OC(C)(C)C)C(C(=O)Nc1ccccc1C)c1ccc(C)cc1C. The summed E-state index contributed by atoms with van der Waals surface area (Å²) in [7, 11) is 0. The molecule has 182 valence electrons. The minimum absolute atomic E-state index is 0.119. The van der Waals surface area contributed by atoms with E-state index in [2.05, 4.69) is 17.2 Å². The van der Waals surface area contributed by atoms with Gasteiger partial charge in [-0.25, -0.2) is 4.79 Å². The Kier molecular flexibility index (Phi) is 9.01. The first kappa shape index (κ1) is 26.6. The van der Waals surface area contributed by atoms with Crippen molar-refractivity contribution in [3.8, 4) is 0 Å². The number of nitrogens with zero attached hydrogens (tertiary/aromatic N) is 1. The molecule has 0 bridgehead atoms. The zero-order chi connectivity index (χ0) is 25.5. The minimum atomic E-state index is -0.925. The van der Waals surface area contributed by atoms with Gasteiger partial charge in [-0.3, -0.25) is 9.59 Å². The van der Waals surface area contributed by atoms with Gasteiger partial charge in [-0.1, -0.05) is 48.0 Å². The van der Waals surface area contributed by atoms with Crippen molar-refractivity contribution in [2.45, 2.75) is 53.2 Å².